The number of nitrogens with one attached hydrogen (secondary N) is 1. The van der Waals surface area contributed by atoms with Crippen LogP contribution in [-0.4, -0.2) is 11.0 Å². The molecule has 1 aliphatic carbocycles. The number of hydrogen-bond donors (Lipinski definition) is 1. The van der Waals surface area contributed by atoms with E-state index >= 15 is 0 Å². The van der Waals surface area contributed by atoms with Crippen LogP contribution in [0.5, 0.6) is 0 Å². The van der Waals surface area contributed by atoms with Crippen LogP contribution in [0.1, 0.15) is 12.8 Å². The van der Waals surface area contributed by atoms with Gasteiger partial charge in [-0.15, -0.1) is 0 Å². The van der Waals surface area contributed by atoms with E-state index in [1.807, 2.05) is 12.3 Å². The number of halogens is 1. The lowest BCUT2D eigenvalue weighted by Crippen LogP contribution is -2.01. The van der Waals surface area contributed by atoms with Crippen LogP contribution in [0.3, 0.4) is 0 Å². The molecule has 0 amide bonds. The highest BCUT2D eigenvalue weighted by Gasteiger charge is 2.21. The van der Waals surface area contributed by atoms with Gasteiger partial charge in [0.05, 0.1) is 10.2 Å². The van der Waals surface area contributed by atoms with Gasteiger partial charge in [-0.2, -0.15) is 0 Å². The topological polar surface area (TPSA) is 24.9 Å². The molecule has 1 aromatic heterocycles. The van der Waals surface area contributed by atoms with Crippen molar-refractivity contribution in [3.05, 3.63) is 22.9 Å². The molecule has 1 aromatic rings. The average Bonchev–Trinajstić information content (AvgIpc) is 2.78. The Labute approximate surface area is 74.2 Å². The van der Waals surface area contributed by atoms with E-state index in [-0.39, 0.29) is 0 Å². The van der Waals surface area contributed by atoms with E-state index in [2.05, 4.69) is 26.2 Å². The van der Waals surface area contributed by atoms with Crippen LogP contribution in [0.2, 0.25) is 0 Å². The van der Waals surface area contributed by atoms with Gasteiger partial charge in [0.1, 0.15) is 0 Å². The number of anilines is 1. The largest absolute Gasteiger partial charge is 0.381 e. The summed E-state index contributed by atoms with van der Waals surface area (Å²) in [6, 6.07) is 2.69. The van der Waals surface area contributed by atoms with E-state index in [0.29, 0.717) is 6.04 Å². The molecule has 0 saturated heterocycles. The highest BCUT2D eigenvalue weighted by molar-refractivity contribution is 9.10. The van der Waals surface area contributed by atoms with Crippen molar-refractivity contribution in [2.75, 3.05) is 5.32 Å². The molecule has 1 heterocycles. The van der Waals surface area contributed by atoms with Crippen LogP contribution < -0.4 is 5.32 Å². The Morgan fingerprint density at radius 2 is 2.36 bits per heavy atom. The maximum atomic E-state index is 3.99. The van der Waals surface area contributed by atoms with Gasteiger partial charge >= 0.3 is 0 Å². The van der Waals surface area contributed by atoms with Crippen molar-refractivity contribution in [2.24, 2.45) is 0 Å². The van der Waals surface area contributed by atoms with Crippen molar-refractivity contribution in [2.45, 2.75) is 18.9 Å². The number of pyridine rings is 1. The molecule has 1 saturated carbocycles. The SMILES string of the molecule is Brc1cnccc1NC1CC1. The predicted molar refractivity (Wildman–Crippen MR) is 48.6 cm³/mol. The first-order valence-electron chi connectivity index (χ1n) is 3.72. The summed E-state index contributed by atoms with van der Waals surface area (Å²) in [6.07, 6.45) is 6.21. The maximum absolute atomic E-state index is 3.99. The normalized spacial score (nSPS) is 16.5. The fourth-order valence-electron chi connectivity index (χ4n) is 0.940. The van der Waals surface area contributed by atoms with Crippen LogP contribution in [0, 0.1) is 0 Å². The highest BCUT2D eigenvalue weighted by atomic mass is 79.9. The van der Waals surface area contributed by atoms with Crippen molar-refractivity contribution in [1.29, 1.82) is 0 Å². The molecule has 0 atom stereocenters. The maximum Gasteiger partial charge on any atom is 0.0590 e. The smallest absolute Gasteiger partial charge is 0.0590 e. The zero-order chi connectivity index (χ0) is 7.68. The first-order valence-corrected chi connectivity index (χ1v) is 4.51. The van der Waals surface area contributed by atoms with Crippen molar-refractivity contribution in [1.82, 2.24) is 4.98 Å². The van der Waals surface area contributed by atoms with Gasteiger partial charge in [0, 0.05) is 18.4 Å². The summed E-state index contributed by atoms with van der Waals surface area (Å²) >= 11 is 3.43. The Hall–Kier alpha value is -0.570. The Bertz CT molecular complexity index is 258. The van der Waals surface area contributed by atoms with E-state index in [4.69, 9.17) is 0 Å². The van der Waals surface area contributed by atoms with Crippen LogP contribution in [0.15, 0.2) is 22.9 Å². The molecular weight excluding hydrogens is 204 g/mol. The van der Waals surface area contributed by atoms with Gasteiger partial charge in [-0.05, 0) is 34.8 Å². The summed E-state index contributed by atoms with van der Waals surface area (Å²) in [5, 5.41) is 3.40. The minimum absolute atomic E-state index is 0.702. The van der Waals surface area contributed by atoms with Gasteiger partial charge < -0.3 is 5.32 Å². The lowest BCUT2D eigenvalue weighted by Gasteiger charge is -2.04. The van der Waals surface area contributed by atoms with Crippen molar-refractivity contribution >= 4 is 21.6 Å². The second-order valence-corrected chi connectivity index (χ2v) is 3.63. The molecule has 0 spiro atoms. The van der Waals surface area contributed by atoms with Crippen LogP contribution in [0.4, 0.5) is 5.69 Å². The van der Waals surface area contributed by atoms with Gasteiger partial charge in [-0.1, -0.05) is 0 Å². The molecule has 0 aromatic carbocycles. The Kier molecular flexibility index (Phi) is 1.82. The summed E-state index contributed by atoms with van der Waals surface area (Å²) in [6.45, 7) is 0. The first kappa shape index (κ1) is 7.10. The lowest BCUT2D eigenvalue weighted by atomic mass is 10.4. The summed E-state index contributed by atoms with van der Waals surface area (Å²) in [4.78, 5) is 3.99. The van der Waals surface area contributed by atoms with Crippen LogP contribution in [0.25, 0.3) is 0 Å². The van der Waals surface area contributed by atoms with Crippen molar-refractivity contribution < 1.29 is 0 Å². The number of aromatic nitrogens is 1. The minimum Gasteiger partial charge on any atom is -0.381 e. The molecule has 0 bridgehead atoms. The quantitative estimate of drug-likeness (QED) is 0.815. The third-order valence-corrected chi connectivity index (χ3v) is 2.34. The number of nitrogens with zero attached hydrogens (tertiary/aromatic N) is 1. The third kappa shape index (κ3) is 1.71. The van der Waals surface area contributed by atoms with Gasteiger partial charge in [-0.3, -0.25) is 4.98 Å². The van der Waals surface area contributed by atoms with Crippen LogP contribution in [-0.2, 0) is 0 Å². The Morgan fingerprint density at radius 3 is 3.00 bits per heavy atom. The lowest BCUT2D eigenvalue weighted by molar-refractivity contribution is 1.14. The molecule has 3 heteroatoms. The molecule has 0 radical (unpaired) electrons. The van der Waals surface area contributed by atoms with Gasteiger partial charge in [-0.25, -0.2) is 0 Å². The van der Waals surface area contributed by atoms with E-state index in [1.54, 1.807) is 6.20 Å². The Balaban J connectivity index is 2.15. The van der Waals surface area contributed by atoms with Crippen molar-refractivity contribution in [3.8, 4) is 0 Å². The molecule has 11 heavy (non-hydrogen) atoms. The van der Waals surface area contributed by atoms with Gasteiger partial charge in [0.15, 0.2) is 0 Å². The zero-order valence-corrected chi connectivity index (χ0v) is 7.63. The predicted octanol–water partition coefficient (Wildman–Crippen LogP) is 2.42. The fourth-order valence-corrected chi connectivity index (χ4v) is 1.30. The summed E-state index contributed by atoms with van der Waals surface area (Å²) in [7, 11) is 0. The number of hydrogen-bond acceptors (Lipinski definition) is 2. The molecule has 0 aliphatic heterocycles. The summed E-state index contributed by atoms with van der Waals surface area (Å²) in [5.41, 5.74) is 1.16. The second kappa shape index (κ2) is 2.81. The minimum atomic E-state index is 0.702. The molecule has 2 nitrogen and oxygen atoms in total. The molecule has 2 rings (SSSR count). The standard InChI is InChI=1S/C8H9BrN2/c9-7-5-10-4-3-8(7)11-6-1-2-6/h3-6H,1-2H2,(H,10,11). The van der Waals surface area contributed by atoms with E-state index < -0.39 is 0 Å². The van der Waals surface area contributed by atoms with Crippen LogP contribution >= 0.6 is 15.9 Å². The van der Waals surface area contributed by atoms with Gasteiger partial charge in [0.25, 0.3) is 0 Å². The van der Waals surface area contributed by atoms with E-state index in [1.165, 1.54) is 12.8 Å². The summed E-state index contributed by atoms with van der Waals surface area (Å²) < 4.78 is 1.05. The second-order valence-electron chi connectivity index (χ2n) is 2.77. The van der Waals surface area contributed by atoms with E-state index in [9.17, 15) is 0 Å². The number of rotatable bonds is 2. The molecule has 1 fully saturated rings. The summed E-state index contributed by atoms with van der Waals surface area (Å²) in [5.74, 6) is 0. The zero-order valence-electron chi connectivity index (χ0n) is 6.05. The van der Waals surface area contributed by atoms with E-state index in [0.717, 1.165) is 10.2 Å². The monoisotopic (exact) mass is 212 g/mol. The Morgan fingerprint density at radius 1 is 1.55 bits per heavy atom. The first-order chi connectivity index (χ1) is 5.36. The van der Waals surface area contributed by atoms with Crippen molar-refractivity contribution in [3.63, 3.8) is 0 Å². The molecular formula is C8H9BrN2. The third-order valence-electron chi connectivity index (χ3n) is 1.71. The molecule has 1 aliphatic rings. The average molecular weight is 213 g/mol. The van der Waals surface area contributed by atoms with Gasteiger partial charge in [0.2, 0.25) is 0 Å². The molecule has 0 unspecified atom stereocenters. The fraction of sp³-hybridized carbons (Fsp3) is 0.375. The highest BCUT2D eigenvalue weighted by Crippen LogP contribution is 2.28. The molecule has 58 valence electrons. The molecule has 1 N–H and O–H groups in total.